The van der Waals surface area contributed by atoms with Gasteiger partial charge in [-0.1, -0.05) is 0 Å². The molecule has 21 heavy (non-hydrogen) atoms. The standard InChI is InChI=1S/C14H16N6O/c21-14(18-11-2-3-11)10-7-19(8-10)12-6-13(16-9-15-12)20-5-1-4-17-20/h1,4-6,9-11H,2-3,7-8H2,(H,18,21). The van der Waals surface area contributed by atoms with E-state index in [1.54, 1.807) is 10.9 Å². The van der Waals surface area contributed by atoms with E-state index in [1.165, 1.54) is 6.33 Å². The van der Waals surface area contributed by atoms with Gasteiger partial charge in [0.25, 0.3) is 0 Å². The van der Waals surface area contributed by atoms with E-state index in [4.69, 9.17) is 0 Å². The maximum Gasteiger partial charge on any atom is 0.226 e. The van der Waals surface area contributed by atoms with E-state index in [9.17, 15) is 4.79 Å². The lowest BCUT2D eigenvalue weighted by Crippen LogP contribution is -2.54. The molecule has 2 aromatic heterocycles. The molecule has 2 fully saturated rings. The van der Waals surface area contributed by atoms with Gasteiger partial charge in [0.15, 0.2) is 5.82 Å². The van der Waals surface area contributed by atoms with Gasteiger partial charge in [0.05, 0.1) is 5.92 Å². The highest BCUT2D eigenvalue weighted by molar-refractivity contribution is 5.82. The maximum absolute atomic E-state index is 11.9. The zero-order valence-corrected chi connectivity index (χ0v) is 11.5. The van der Waals surface area contributed by atoms with Crippen LogP contribution in [0.15, 0.2) is 30.9 Å². The van der Waals surface area contributed by atoms with Crippen molar-refractivity contribution in [2.75, 3.05) is 18.0 Å². The molecule has 1 aliphatic heterocycles. The van der Waals surface area contributed by atoms with Crippen molar-refractivity contribution in [3.8, 4) is 5.82 Å². The van der Waals surface area contributed by atoms with Crippen LogP contribution in [0, 0.1) is 5.92 Å². The number of rotatable bonds is 4. The van der Waals surface area contributed by atoms with Gasteiger partial charge in [-0.05, 0) is 18.9 Å². The summed E-state index contributed by atoms with van der Waals surface area (Å²) in [5.74, 6) is 1.82. The lowest BCUT2D eigenvalue weighted by molar-refractivity contribution is -0.125. The van der Waals surface area contributed by atoms with Crippen LogP contribution in [-0.2, 0) is 4.79 Å². The average molecular weight is 284 g/mol. The van der Waals surface area contributed by atoms with Gasteiger partial charge in [-0.3, -0.25) is 4.79 Å². The molecule has 108 valence electrons. The molecule has 2 aliphatic rings. The molecule has 1 amide bonds. The van der Waals surface area contributed by atoms with Gasteiger partial charge in [0.1, 0.15) is 12.1 Å². The first-order chi connectivity index (χ1) is 10.3. The van der Waals surface area contributed by atoms with Crippen LogP contribution in [0.1, 0.15) is 12.8 Å². The number of aromatic nitrogens is 4. The number of anilines is 1. The van der Waals surface area contributed by atoms with Crippen LogP contribution < -0.4 is 10.2 Å². The first-order valence-electron chi connectivity index (χ1n) is 7.17. The Hall–Kier alpha value is -2.44. The Morgan fingerprint density at radius 3 is 2.76 bits per heavy atom. The normalized spacial score (nSPS) is 18.4. The fourth-order valence-corrected chi connectivity index (χ4v) is 2.42. The van der Waals surface area contributed by atoms with Crippen LogP contribution in [-0.4, -0.2) is 44.8 Å². The molecule has 1 saturated carbocycles. The van der Waals surface area contributed by atoms with Crippen molar-refractivity contribution < 1.29 is 4.79 Å². The Bertz CT molecular complexity index is 645. The lowest BCUT2D eigenvalue weighted by atomic mass is 9.99. The number of hydrogen-bond acceptors (Lipinski definition) is 5. The smallest absolute Gasteiger partial charge is 0.226 e. The van der Waals surface area contributed by atoms with E-state index < -0.39 is 0 Å². The first kappa shape index (κ1) is 12.3. The van der Waals surface area contributed by atoms with Gasteiger partial charge in [0.2, 0.25) is 5.91 Å². The van der Waals surface area contributed by atoms with Crippen molar-refractivity contribution in [2.24, 2.45) is 5.92 Å². The average Bonchev–Trinajstić information content (AvgIpc) is 3.07. The molecular formula is C14H16N6O. The predicted octanol–water partition coefficient (Wildman–Crippen LogP) is 0.377. The molecule has 0 aromatic carbocycles. The van der Waals surface area contributed by atoms with E-state index in [1.807, 2.05) is 18.3 Å². The van der Waals surface area contributed by atoms with E-state index in [2.05, 4.69) is 25.3 Å². The molecule has 1 N–H and O–H groups in total. The second-order valence-corrected chi connectivity index (χ2v) is 5.57. The molecule has 4 rings (SSSR count). The van der Waals surface area contributed by atoms with Crippen molar-refractivity contribution >= 4 is 11.7 Å². The minimum atomic E-state index is 0.0775. The van der Waals surface area contributed by atoms with Crippen LogP contribution in [0.5, 0.6) is 0 Å². The molecule has 3 heterocycles. The summed E-state index contributed by atoms with van der Waals surface area (Å²) in [5.41, 5.74) is 0. The summed E-state index contributed by atoms with van der Waals surface area (Å²) < 4.78 is 1.70. The quantitative estimate of drug-likeness (QED) is 0.878. The number of carbonyl (C=O) groups is 1. The Morgan fingerprint density at radius 2 is 2.05 bits per heavy atom. The summed E-state index contributed by atoms with van der Waals surface area (Å²) in [4.78, 5) is 22.5. The van der Waals surface area contributed by atoms with E-state index in [0.29, 0.717) is 19.1 Å². The van der Waals surface area contributed by atoms with Crippen LogP contribution in [0.25, 0.3) is 5.82 Å². The Balaban J connectivity index is 1.41. The summed E-state index contributed by atoms with van der Waals surface area (Å²) in [6.45, 7) is 1.43. The van der Waals surface area contributed by atoms with Gasteiger partial charge in [-0.2, -0.15) is 5.10 Å². The molecule has 1 aliphatic carbocycles. The van der Waals surface area contributed by atoms with Gasteiger partial charge in [0, 0.05) is 37.6 Å². The predicted molar refractivity (Wildman–Crippen MR) is 76.0 cm³/mol. The maximum atomic E-state index is 11.9. The topological polar surface area (TPSA) is 75.9 Å². The molecule has 7 heteroatoms. The van der Waals surface area contributed by atoms with Crippen molar-refractivity contribution in [1.82, 2.24) is 25.1 Å². The van der Waals surface area contributed by atoms with Crippen molar-refractivity contribution in [2.45, 2.75) is 18.9 Å². The highest BCUT2D eigenvalue weighted by atomic mass is 16.2. The second-order valence-electron chi connectivity index (χ2n) is 5.57. The fourth-order valence-electron chi connectivity index (χ4n) is 2.42. The molecule has 0 spiro atoms. The van der Waals surface area contributed by atoms with Crippen molar-refractivity contribution in [1.29, 1.82) is 0 Å². The molecule has 7 nitrogen and oxygen atoms in total. The summed E-state index contributed by atoms with van der Waals surface area (Å²) in [6, 6.07) is 4.17. The minimum Gasteiger partial charge on any atom is -0.355 e. The third kappa shape index (κ3) is 2.46. The zero-order chi connectivity index (χ0) is 14.2. The number of nitrogens with one attached hydrogen (secondary N) is 1. The molecular weight excluding hydrogens is 268 g/mol. The third-order valence-electron chi connectivity index (χ3n) is 3.88. The highest BCUT2D eigenvalue weighted by Gasteiger charge is 2.36. The van der Waals surface area contributed by atoms with Crippen LogP contribution in [0.2, 0.25) is 0 Å². The monoisotopic (exact) mass is 284 g/mol. The van der Waals surface area contributed by atoms with Gasteiger partial charge in [-0.15, -0.1) is 0 Å². The Morgan fingerprint density at radius 1 is 1.24 bits per heavy atom. The van der Waals surface area contributed by atoms with Crippen molar-refractivity contribution in [3.05, 3.63) is 30.9 Å². The Labute approximate surface area is 122 Å². The second kappa shape index (κ2) is 4.83. The van der Waals surface area contributed by atoms with E-state index >= 15 is 0 Å². The summed E-state index contributed by atoms with van der Waals surface area (Å²) in [7, 11) is 0. The number of nitrogens with zero attached hydrogens (tertiary/aromatic N) is 5. The molecule has 0 atom stereocenters. The molecule has 0 radical (unpaired) electrons. The summed E-state index contributed by atoms with van der Waals surface area (Å²) in [5, 5.41) is 7.21. The summed E-state index contributed by atoms with van der Waals surface area (Å²) >= 11 is 0. The van der Waals surface area contributed by atoms with Crippen LogP contribution in [0.4, 0.5) is 5.82 Å². The highest BCUT2D eigenvalue weighted by Crippen LogP contribution is 2.25. The third-order valence-corrected chi connectivity index (χ3v) is 3.88. The lowest BCUT2D eigenvalue weighted by Gasteiger charge is -2.39. The summed E-state index contributed by atoms with van der Waals surface area (Å²) in [6.07, 6.45) is 7.34. The molecule has 0 bridgehead atoms. The number of carbonyl (C=O) groups excluding carboxylic acids is 1. The van der Waals surface area contributed by atoms with Crippen LogP contribution in [0.3, 0.4) is 0 Å². The van der Waals surface area contributed by atoms with Crippen LogP contribution >= 0.6 is 0 Å². The largest absolute Gasteiger partial charge is 0.355 e. The molecule has 1 saturated heterocycles. The van der Waals surface area contributed by atoms with Gasteiger partial charge < -0.3 is 10.2 Å². The molecule has 2 aromatic rings. The number of hydrogen-bond donors (Lipinski definition) is 1. The SMILES string of the molecule is O=C(NC1CC1)C1CN(c2cc(-n3cccn3)ncn2)C1. The minimum absolute atomic E-state index is 0.0775. The van der Waals surface area contributed by atoms with Crippen molar-refractivity contribution in [3.63, 3.8) is 0 Å². The first-order valence-corrected chi connectivity index (χ1v) is 7.17. The number of amides is 1. The molecule has 0 unspecified atom stereocenters. The zero-order valence-electron chi connectivity index (χ0n) is 11.5. The Kier molecular flexibility index (Phi) is 2.83. The van der Waals surface area contributed by atoms with Gasteiger partial charge in [-0.25, -0.2) is 14.6 Å². The fraction of sp³-hybridized carbons (Fsp3) is 0.429. The van der Waals surface area contributed by atoms with E-state index in [-0.39, 0.29) is 11.8 Å². The van der Waals surface area contributed by atoms with Gasteiger partial charge >= 0.3 is 0 Å². The van der Waals surface area contributed by atoms with E-state index in [0.717, 1.165) is 24.5 Å².